The molecule has 2 aliphatic rings. The molecule has 0 unspecified atom stereocenters. The summed E-state index contributed by atoms with van der Waals surface area (Å²) >= 11 is 0. The highest BCUT2D eigenvalue weighted by Gasteiger charge is 2.27. The van der Waals surface area contributed by atoms with Gasteiger partial charge in [0.15, 0.2) is 0 Å². The van der Waals surface area contributed by atoms with Crippen LogP contribution in [0.4, 0.5) is 17.1 Å². The van der Waals surface area contributed by atoms with Gasteiger partial charge >= 0.3 is 5.97 Å². The fraction of sp³-hybridized carbons (Fsp3) is 0.190. The van der Waals surface area contributed by atoms with Crippen molar-refractivity contribution in [1.82, 2.24) is 0 Å². The molecule has 0 aromatic heterocycles. The van der Waals surface area contributed by atoms with Crippen LogP contribution in [0.2, 0.25) is 0 Å². The van der Waals surface area contributed by atoms with Crippen LogP contribution in [0.3, 0.4) is 0 Å². The van der Waals surface area contributed by atoms with Crippen molar-refractivity contribution in [2.75, 3.05) is 36.5 Å². The second-order valence-electron chi connectivity index (χ2n) is 6.70. The number of nitro groups is 1. The molecule has 2 N–H and O–H groups in total. The molecule has 0 spiro atoms. The number of benzene rings is 2. The Morgan fingerprint density at radius 2 is 1.90 bits per heavy atom. The van der Waals surface area contributed by atoms with Crippen molar-refractivity contribution in [2.45, 2.75) is 0 Å². The number of allylic oxidation sites excluding steroid dienone is 1. The highest BCUT2D eigenvalue weighted by molar-refractivity contribution is 6.19. The van der Waals surface area contributed by atoms with Gasteiger partial charge in [0, 0.05) is 30.5 Å². The Balaban J connectivity index is 1.85. The van der Waals surface area contributed by atoms with Crippen LogP contribution >= 0.6 is 0 Å². The van der Waals surface area contributed by atoms with Crippen LogP contribution in [-0.2, 0) is 9.53 Å². The Hall–Kier alpha value is -3.65. The third-order valence-electron chi connectivity index (χ3n) is 4.97. The number of carboxylic acid groups (broad SMARTS) is 1. The van der Waals surface area contributed by atoms with Crippen molar-refractivity contribution in [2.24, 2.45) is 0 Å². The molecule has 2 aromatic rings. The van der Waals surface area contributed by atoms with E-state index >= 15 is 0 Å². The Bertz CT molecular complexity index is 1040. The SMILES string of the molecule is O=C(O)C(=C1C=Cc2ccccc2N1)c1cc(N2CCOCC2)ccc1[N+](=O)[O-]. The van der Waals surface area contributed by atoms with Crippen LogP contribution in [0, 0.1) is 10.1 Å². The number of carboxylic acids is 1. The smallest absolute Gasteiger partial charge is 0.338 e. The summed E-state index contributed by atoms with van der Waals surface area (Å²) in [7, 11) is 0. The fourth-order valence-electron chi connectivity index (χ4n) is 3.54. The van der Waals surface area contributed by atoms with E-state index in [9.17, 15) is 20.0 Å². The van der Waals surface area contributed by atoms with Crippen LogP contribution in [0.25, 0.3) is 11.6 Å². The number of morpholine rings is 1. The Labute approximate surface area is 166 Å². The summed E-state index contributed by atoms with van der Waals surface area (Å²) in [6.07, 6.45) is 3.43. The first-order valence-electron chi connectivity index (χ1n) is 9.18. The van der Waals surface area contributed by atoms with Gasteiger partial charge < -0.3 is 20.1 Å². The number of ether oxygens (including phenoxy) is 1. The summed E-state index contributed by atoms with van der Waals surface area (Å²) in [4.78, 5) is 25.3. The van der Waals surface area contributed by atoms with Gasteiger partial charge in [0.05, 0.1) is 35.0 Å². The van der Waals surface area contributed by atoms with E-state index in [1.54, 1.807) is 24.3 Å². The highest BCUT2D eigenvalue weighted by atomic mass is 16.6. The molecule has 29 heavy (non-hydrogen) atoms. The molecule has 0 bridgehead atoms. The standard InChI is InChI=1S/C21H19N3O5/c25-21(26)20(18-7-5-14-3-1-2-4-17(14)22-18)16-13-15(6-8-19(16)24(27)28)23-9-11-29-12-10-23/h1-8,13,22H,9-12H2,(H,25,26). The Morgan fingerprint density at radius 1 is 1.14 bits per heavy atom. The van der Waals surface area contributed by atoms with Crippen molar-refractivity contribution in [3.05, 3.63) is 75.5 Å². The molecule has 1 saturated heterocycles. The average Bonchev–Trinajstić information content (AvgIpc) is 2.74. The van der Waals surface area contributed by atoms with Gasteiger partial charge in [-0.05, 0) is 29.8 Å². The summed E-state index contributed by atoms with van der Waals surface area (Å²) < 4.78 is 5.36. The molecule has 8 heteroatoms. The number of nitrogens with one attached hydrogen (secondary N) is 1. The summed E-state index contributed by atoms with van der Waals surface area (Å²) in [5.41, 5.74) is 2.37. The van der Waals surface area contributed by atoms with E-state index in [-0.39, 0.29) is 16.8 Å². The molecule has 8 nitrogen and oxygen atoms in total. The van der Waals surface area contributed by atoms with Crippen molar-refractivity contribution in [3.8, 4) is 0 Å². The van der Waals surface area contributed by atoms with Crippen LogP contribution in [-0.4, -0.2) is 42.3 Å². The lowest BCUT2D eigenvalue weighted by molar-refractivity contribution is -0.385. The second-order valence-corrected chi connectivity index (χ2v) is 6.70. The molecule has 2 aliphatic heterocycles. The lowest BCUT2D eigenvalue weighted by Crippen LogP contribution is -2.36. The van der Waals surface area contributed by atoms with Crippen molar-refractivity contribution in [3.63, 3.8) is 0 Å². The largest absolute Gasteiger partial charge is 0.478 e. The van der Waals surface area contributed by atoms with E-state index in [0.717, 1.165) is 16.9 Å². The number of hydrogen-bond donors (Lipinski definition) is 2. The molecule has 2 aromatic carbocycles. The maximum atomic E-state index is 12.2. The van der Waals surface area contributed by atoms with Gasteiger partial charge in [-0.1, -0.05) is 24.3 Å². The van der Waals surface area contributed by atoms with Crippen molar-refractivity contribution in [1.29, 1.82) is 0 Å². The number of nitrogens with zero attached hydrogens (tertiary/aromatic N) is 2. The number of para-hydroxylation sites is 1. The minimum Gasteiger partial charge on any atom is -0.478 e. The quantitative estimate of drug-likeness (QED) is 0.466. The topological polar surface area (TPSA) is 105 Å². The zero-order valence-corrected chi connectivity index (χ0v) is 15.5. The number of anilines is 2. The van der Waals surface area contributed by atoms with Gasteiger partial charge in [0.25, 0.3) is 5.69 Å². The first-order valence-corrected chi connectivity index (χ1v) is 9.18. The molecule has 0 atom stereocenters. The Kier molecular flexibility index (Phi) is 5.01. The number of carbonyl (C=O) groups is 1. The highest BCUT2D eigenvalue weighted by Crippen LogP contribution is 2.35. The summed E-state index contributed by atoms with van der Waals surface area (Å²) in [5.74, 6) is -1.24. The predicted octanol–water partition coefficient (Wildman–Crippen LogP) is 3.37. The van der Waals surface area contributed by atoms with Crippen LogP contribution in [0.5, 0.6) is 0 Å². The lowest BCUT2D eigenvalue weighted by Gasteiger charge is -2.29. The van der Waals surface area contributed by atoms with E-state index in [4.69, 9.17) is 4.74 Å². The maximum Gasteiger partial charge on any atom is 0.338 e. The molecular formula is C21H19N3O5. The van der Waals surface area contributed by atoms with E-state index in [0.29, 0.717) is 32.0 Å². The maximum absolute atomic E-state index is 12.2. The number of nitro benzene ring substituents is 1. The molecule has 0 saturated carbocycles. The first-order chi connectivity index (χ1) is 14.0. The van der Waals surface area contributed by atoms with Crippen molar-refractivity contribution >= 4 is 34.7 Å². The number of fused-ring (bicyclic) bond motifs is 1. The number of aliphatic carboxylic acids is 1. The van der Waals surface area contributed by atoms with Gasteiger partial charge in [-0.15, -0.1) is 0 Å². The van der Waals surface area contributed by atoms with Crippen LogP contribution < -0.4 is 10.2 Å². The summed E-state index contributed by atoms with van der Waals surface area (Å²) in [5, 5.41) is 24.7. The number of hydrogen-bond acceptors (Lipinski definition) is 6. The average molecular weight is 393 g/mol. The monoisotopic (exact) mass is 393 g/mol. The molecular weight excluding hydrogens is 374 g/mol. The van der Waals surface area contributed by atoms with Crippen LogP contribution in [0.15, 0.2) is 54.2 Å². The minimum absolute atomic E-state index is 0.0676. The zero-order valence-electron chi connectivity index (χ0n) is 15.5. The molecule has 0 aliphatic carbocycles. The van der Waals surface area contributed by atoms with Gasteiger partial charge in [0.1, 0.15) is 0 Å². The minimum atomic E-state index is -1.24. The van der Waals surface area contributed by atoms with Crippen LogP contribution in [0.1, 0.15) is 11.1 Å². The molecule has 2 heterocycles. The molecule has 1 fully saturated rings. The van der Waals surface area contributed by atoms with Gasteiger partial charge in [0.2, 0.25) is 0 Å². The third kappa shape index (κ3) is 3.70. The predicted molar refractivity (Wildman–Crippen MR) is 110 cm³/mol. The molecule has 0 radical (unpaired) electrons. The van der Waals surface area contributed by atoms with E-state index in [2.05, 4.69) is 5.32 Å². The van der Waals surface area contributed by atoms with E-state index in [1.807, 2.05) is 29.2 Å². The second kappa shape index (κ2) is 7.76. The fourth-order valence-corrected chi connectivity index (χ4v) is 3.54. The summed E-state index contributed by atoms with van der Waals surface area (Å²) in [6, 6.07) is 12.0. The molecule has 4 rings (SSSR count). The Morgan fingerprint density at radius 3 is 2.62 bits per heavy atom. The number of rotatable bonds is 4. The first kappa shape index (κ1) is 18.7. The van der Waals surface area contributed by atoms with Gasteiger partial charge in [-0.3, -0.25) is 10.1 Å². The van der Waals surface area contributed by atoms with Crippen molar-refractivity contribution < 1.29 is 19.6 Å². The summed E-state index contributed by atoms with van der Waals surface area (Å²) in [6.45, 7) is 2.39. The molecule has 0 amide bonds. The normalized spacial score (nSPS) is 17.3. The van der Waals surface area contributed by atoms with Gasteiger partial charge in [-0.2, -0.15) is 0 Å². The third-order valence-corrected chi connectivity index (χ3v) is 4.97. The lowest BCUT2D eigenvalue weighted by atomic mass is 9.97. The van der Waals surface area contributed by atoms with E-state index in [1.165, 1.54) is 6.07 Å². The van der Waals surface area contributed by atoms with Gasteiger partial charge in [-0.25, -0.2) is 4.79 Å². The molecule has 148 valence electrons. The van der Waals surface area contributed by atoms with E-state index < -0.39 is 10.9 Å². The zero-order chi connectivity index (χ0) is 20.4.